The smallest absolute Gasteiger partial charge is 0.387 e. The Morgan fingerprint density at radius 1 is 1.62 bits per heavy atom. The van der Waals surface area contributed by atoms with Crippen LogP contribution in [0.25, 0.3) is 0 Å². The number of rotatable bonds is 2. The molecular formula is C8H6F2N2O. The van der Waals surface area contributed by atoms with Gasteiger partial charge in [0.25, 0.3) is 0 Å². The molecule has 0 atom stereocenters. The molecule has 0 fully saturated rings. The van der Waals surface area contributed by atoms with Crippen molar-refractivity contribution in [2.75, 3.05) is 0 Å². The van der Waals surface area contributed by atoms with Crippen molar-refractivity contribution in [2.45, 2.75) is 13.5 Å². The Labute approximate surface area is 73.6 Å². The molecule has 1 rings (SSSR count). The van der Waals surface area contributed by atoms with E-state index in [2.05, 4.69) is 9.72 Å². The second-order valence-electron chi connectivity index (χ2n) is 2.33. The van der Waals surface area contributed by atoms with Crippen molar-refractivity contribution in [1.82, 2.24) is 4.98 Å². The molecule has 0 bridgehead atoms. The second-order valence-corrected chi connectivity index (χ2v) is 2.33. The minimum absolute atomic E-state index is 0.0125. The van der Waals surface area contributed by atoms with E-state index in [0.29, 0.717) is 5.56 Å². The Balaban J connectivity index is 2.99. The first-order valence-corrected chi connectivity index (χ1v) is 3.45. The third kappa shape index (κ3) is 2.37. The van der Waals surface area contributed by atoms with E-state index >= 15 is 0 Å². The van der Waals surface area contributed by atoms with E-state index in [9.17, 15) is 8.78 Å². The van der Waals surface area contributed by atoms with Crippen molar-refractivity contribution >= 4 is 0 Å². The van der Waals surface area contributed by atoms with Gasteiger partial charge in [-0.1, -0.05) is 0 Å². The molecule has 0 spiro atoms. The highest BCUT2D eigenvalue weighted by molar-refractivity contribution is 5.36. The van der Waals surface area contributed by atoms with Crippen LogP contribution in [0.1, 0.15) is 11.3 Å². The van der Waals surface area contributed by atoms with E-state index in [-0.39, 0.29) is 11.4 Å². The molecule has 3 nitrogen and oxygen atoms in total. The van der Waals surface area contributed by atoms with Gasteiger partial charge < -0.3 is 4.74 Å². The highest BCUT2D eigenvalue weighted by atomic mass is 19.3. The van der Waals surface area contributed by atoms with Gasteiger partial charge in [-0.05, 0) is 6.92 Å². The lowest BCUT2D eigenvalue weighted by Crippen LogP contribution is -2.04. The first-order valence-electron chi connectivity index (χ1n) is 3.45. The van der Waals surface area contributed by atoms with Gasteiger partial charge in [-0.15, -0.1) is 0 Å². The highest BCUT2D eigenvalue weighted by Gasteiger charge is 2.08. The Morgan fingerprint density at radius 3 is 2.85 bits per heavy atom. The number of nitriles is 1. The number of alkyl halides is 2. The number of nitrogens with zero attached hydrogens (tertiary/aromatic N) is 2. The quantitative estimate of drug-likeness (QED) is 0.704. The van der Waals surface area contributed by atoms with E-state index in [0.717, 1.165) is 0 Å². The molecule has 0 aromatic carbocycles. The van der Waals surface area contributed by atoms with Crippen LogP contribution in [0, 0.1) is 18.3 Å². The van der Waals surface area contributed by atoms with Crippen LogP contribution in [0.4, 0.5) is 8.78 Å². The number of pyridine rings is 1. The first kappa shape index (κ1) is 9.39. The summed E-state index contributed by atoms with van der Waals surface area (Å²) in [5, 5.41) is 8.43. The standard InChI is InChI=1S/C8H6F2N2O/c1-5-4-12-6(3-11)2-7(5)13-8(9)10/h2,4,8H,1H3. The van der Waals surface area contributed by atoms with Gasteiger partial charge in [0.1, 0.15) is 17.5 Å². The molecule has 0 N–H and O–H groups in total. The first-order chi connectivity index (χ1) is 6.13. The Bertz CT molecular complexity index is 346. The van der Waals surface area contributed by atoms with Crippen molar-refractivity contribution in [3.05, 3.63) is 23.5 Å². The van der Waals surface area contributed by atoms with Crippen LogP contribution in [0.5, 0.6) is 5.75 Å². The van der Waals surface area contributed by atoms with Crippen LogP contribution in [0.2, 0.25) is 0 Å². The summed E-state index contributed by atoms with van der Waals surface area (Å²) in [5.41, 5.74) is 0.528. The van der Waals surface area contributed by atoms with E-state index < -0.39 is 6.61 Å². The Kier molecular flexibility index (Phi) is 2.75. The fourth-order valence-electron chi connectivity index (χ4n) is 0.789. The highest BCUT2D eigenvalue weighted by Crippen LogP contribution is 2.19. The van der Waals surface area contributed by atoms with Gasteiger partial charge in [0.05, 0.1) is 0 Å². The van der Waals surface area contributed by atoms with Crippen molar-refractivity contribution in [3.63, 3.8) is 0 Å². The van der Waals surface area contributed by atoms with Gasteiger partial charge in [0.2, 0.25) is 0 Å². The minimum Gasteiger partial charge on any atom is -0.434 e. The summed E-state index contributed by atoms with van der Waals surface area (Å²) in [6.07, 6.45) is 1.32. The van der Waals surface area contributed by atoms with Gasteiger partial charge >= 0.3 is 6.61 Å². The maximum Gasteiger partial charge on any atom is 0.387 e. The van der Waals surface area contributed by atoms with Crippen LogP contribution in [0.3, 0.4) is 0 Å². The van der Waals surface area contributed by atoms with E-state index in [1.54, 1.807) is 13.0 Å². The van der Waals surface area contributed by atoms with Crippen LogP contribution in [-0.2, 0) is 0 Å². The summed E-state index contributed by atoms with van der Waals surface area (Å²) in [4.78, 5) is 3.68. The normalized spacial score (nSPS) is 9.77. The largest absolute Gasteiger partial charge is 0.434 e. The number of hydrogen-bond acceptors (Lipinski definition) is 3. The topological polar surface area (TPSA) is 45.9 Å². The zero-order chi connectivity index (χ0) is 9.84. The average molecular weight is 184 g/mol. The Morgan fingerprint density at radius 2 is 2.31 bits per heavy atom. The lowest BCUT2D eigenvalue weighted by atomic mass is 10.2. The maximum atomic E-state index is 11.8. The molecule has 0 radical (unpaired) electrons. The molecule has 5 heteroatoms. The van der Waals surface area contributed by atoms with Gasteiger partial charge in [-0.3, -0.25) is 0 Å². The van der Waals surface area contributed by atoms with Crippen molar-refractivity contribution in [3.8, 4) is 11.8 Å². The predicted molar refractivity (Wildman–Crippen MR) is 40.3 cm³/mol. The molecule has 0 aliphatic heterocycles. The number of aromatic nitrogens is 1. The molecular weight excluding hydrogens is 178 g/mol. The minimum atomic E-state index is -2.88. The molecule has 1 aromatic rings. The van der Waals surface area contributed by atoms with Crippen molar-refractivity contribution < 1.29 is 13.5 Å². The molecule has 0 saturated heterocycles. The second kappa shape index (κ2) is 3.81. The molecule has 0 unspecified atom stereocenters. The zero-order valence-corrected chi connectivity index (χ0v) is 6.79. The summed E-state index contributed by atoms with van der Waals surface area (Å²) in [6.45, 7) is -1.31. The average Bonchev–Trinajstić information content (AvgIpc) is 2.08. The fraction of sp³-hybridized carbons (Fsp3) is 0.250. The van der Waals surface area contributed by atoms with Crippen molar-refractivity contribution in [2.24, 2.45) is 0 Å². The van der Waals surface area contributed by atoms with Gasteiger partial charge in [-0.25, -0.2) is 4.98 Å². The lowest BCUT2D eigenvalue weighted by molar-refractivity contribution is -0.0503. The number of halogens is 2. The van der Waals surface area contributed by atoms with E-state index in [1.807, 2.05) is 0 Å². The third-order valence-corrected chi connectivity index (χ3v) is 1.38. The number of ether oxygens (including phenoxy) is 1. The van der Waals surface area contributed by atoms with Crippen LogP contribution in [-0.4, -0.2) is 11.6 Å². The third-order valence-electron chi connectivity index (χ3n) is 1.38. The fourth-order valence-corrected chi connectivity index (χ4v) is 0.789. The summed E-state index contributed by atoms with van der Waals surface area (Å²) in [6, 6.07) is 2.91. The molecule has 0 amide bonds. The summed E-state index contributed by atoms with van der Waals surface area (Å²) >= 11 is 0. The van der Waals surface area contributed by atoms with Gasteiger partial charge in [-0.2, -0.15) is 14.0 Å². The van der Waals surface area contributed by atoms with Crippen LogP contribution < -0.4 is 4.74 Å². The monoisotopic (exact) mass is 184 g/mol. The van der Waals surface area contributed by atoms with Crippen molar-refractivity contribution in [1.29, 1.82) is 5.26 Å². The molecule has 13 heavy (non-hydrogen) atoms. The van der Waals surface area contributed by atoms with Gasteiger partial charge in [0.15, 0.2) is 0 Å². The SMILES string of the molecule is Cc1cnc(C#N)cc1OC(F)F. The zero-order valence-electron chi connectivity index (χ0n) is 6.79. The van der Waals surface area contributed by atoms with Crippen LogP contribution >= 0.6 is 0 Å². The van der Waals surface area contributed by atoms with Crippen LogP contribution in [0.15, 0.2) is 12.3 Å². The van der Waals surface area contributed by atoms with E-state index in [1.165, 1.54) is 12.3 Å². The summed E-state index contributed by atoms with van der Waals surface area (Å²) < 4.78 is 27.8. The number of aryl methyl sites for hydroxylation is 1. The molecule has 0 saturated carbocycles. The molecule has 1 aromatic heterocycles. The van der Waals surface area contributed by atoms with Gasteiger partial charge in [0, 0.05) is 17.8 Å². The predicted octanol–water partition coefficient (Wildman–Crippen LogP) is 1.86. The molecule has 0 aliphatic rings. The number of hydrogen-bond donors (Lipinski definition) is 0. The molecule has 68 valence electrons. The van der Waals surface area contributed by atoms with E-state index in [4.69, 9.17) is 5.26 Å². The molecule has 1 heterocycles. The lowest BCUT2D eigenvalue weighted by Gasteiger charge is -2.06. The molecule has 0 aliphatic carbocycles. The Hall–Kier alpha value is -1.70. The maximum absolute atomic E-state index is 11.8. The summed E-state index contributed by atoms with van der Waals surface area (Å²) in [5.74, 6) is -0.0125. The summed E-state index contributed by atoms with van der Waals surface area (Å²) in [7, 11) is 0.